The molecule has 0 aliphatic heterocycles. The molecule has 0 aromatic heterocycles. The van der Waals surface area contributed by atoms with Crippen LogP contribution in [0.15, 0.2) is 117 Å². The first-order chi connectivity index (χ1) is 17.9. The molecule has 205 valence electrons. The molecular formula is C26H22CoN2O8S2. The summed E-state index contributed by atoms with van der Waals surface area (Å²) < 4.78 is 61.2. The summed E-state index contributed by atoms with van der Waals surface area (Å²) in [7, 11) is -8.63. The van der Waals surface area contributed by atoms with Crippen molar-refractivity contribution in [1.82, 2.24) is 0 Å². The van der Waals surface area contributed by atoms with E-state index < -0.39 is 20.2 Å². The maximum Gasteiger partial charge on any atom is 0.294 e. The maximum atomic E-state index is 10.9. The number of para-hydroxylation sites is 2. The number of nitrogens with zero attached hydrogens (tertiary/aromatic N) is 2. The van der Waals surface area contributed by atoms with E-state index in [4.69, 9.17) is 9.11 Å². The van der Waals surface area contributed by atoms with Crippen LogP contribution >= 0.6 is 0 Å². The molecule has 10 nitrogen and oxygen atoms in total. The smallest absolute Gasteiger partial charge is 0.294 e. The maximum absolute atomic E-state index is 10.9. The minimum atomic E-state index is -4.31. The van der Waals surface area contributed by atoms with Crippen molar-refractivity contribution >= 4 is 44.0 Å². The molecule has 0 atom stereocenters. The van der Waals surface area contributed by atoms with Gasteiger partial charge in [-0.05, 0) is 48.5 Å². The summed E-state index contributed by atoms with van der Waals surface area (Å²) in [6.07, 6.45) is 2.83. The largest absolute Gasteiger partial charge is 0.507 e. The van der Waals surface area contributed by atoms with Gasteiger partial charge < -0.3 is 10.2 Å². The number of aromatic hydroxyl groups is 2. The number of aliphatic imine (C=N–C) groups is 2. The number of hydrogen-bond donors (Lipinski definition) is 4. The average molecular weight is 614 g/mol. The van der Waals surface area contributed by atoms with Crippen molar-refractivity contribution in [2.45, 2.75) is 9.79 Å². The van der Waals surface area contributed by atoms with E-state index in [2.05, 4.69) is 9.98 Å². The van der Waals surface area contributed by atoms with Crippen LogP contribution in [-0.4, -0.2) is 48.6 Å². The van der Waals surface area contributed by atoms with Crippen molar-refractivity contribution in [2.24, 2.45) is 9.98 Å². The number of phenolic OH excluding ortho intramolecular Hbond substituents is 2. The van der Waals surface area contributed by atoms with Crippen LogP contribution in [0.5, 0.6) is 11.5 Å². The van der Waals surface area contributed by atoms with E-state index in [0.717, 1.165) is 12.1 Å². The quantitative estimate of drug-likeness (QED) is 0.178. The molecular weight excluding hydrogens is 591 g/mol. The van der Waals surface area contributed by atoms with Crippen molar-refractivity contribution < 1.29 is 52.9 Å². The summed E-state index contributed by atoms with van der Waals surface area (Å²) in [6, 6.07) is 25.3. The second-order valence-electron chi connectivity index (χ2n) is 7.58. The molecule has 4 rings (SSSR count). The van der Waals surface area contributed by atoms with E-state index in [1.807, 2.05) is 36.4 Å². The number of benzene rings is 4. The van der Waals surface area contributed by atoms with Crippen LogP contribution in [0.25, 0.3) is 0 Å². The Morgan fingerprint density at radius 3 is 1.15 bits per heavy atom. The predicted octanol–water partition coefficient (Wildman–Crippen LogP) is 4.78. The molecule has 0 aliphatic carbocycles. The van der Waals surface area contributed by atoms with Crippen LogP contribution < -0.4 is 0 Å². The topological polar surface area (TPSA) is 174 Å². The third kappa shape index (κ3) is 9.75. The molecule has 0 fully saturated rings. The van der Waals surface area contributed by atoms with Gasteiger partial charge in [0.2, 0.25) is 0 Å². The molecule has 0 unspecified atom stereocenters. The van der Waals surface area contributed by atoms with Gasteiger partial charge in [0.25, 0.3) is 20.2 Å². The zero-order valence-electron chi connectivity index (χ0n) is 19.9. The molecule has 13 heteroatoms. The summed E-state index contributed by atoms with van der Waals surface area (Å²) in [5, 5.41) is 19.3. The first-order valence-corrected chi connectivity index (χ1v) is 13.6. The van der Waals surface area contributed by atoms with Crippen molar-refractivity contribution in [3.05, 3.63) is 108 Å². The number of hydrogen-bond acceptors (Lipinski definition) is 8. The van der Waals surface area contributed by atoms with Crippen LogP contribution in [-0.2, 0) is 37.0 Å². The van der Waals surface area contributed by atoms with E-state index in [-0.39, 0.29) is 38.1 Å². The minimum Gasteiger partial charge on any atom is -0.507 e. The molecule has 0 bridgehead atoms. The van der Waals surface area contributed by atoms with Gasteiger partial charge in [-0.1, -0.05) is 36.4 Å². The molecule has 4 N–H and O–H groups in total. The SMILES string of the molecule is O=S(=O)(O)c1ccc(C=Nc2ccccc2)c(O)c1.O=S(=O)(O)c1ccc(C=Nc2ccccc2)c(O)c1.[Co]. The van der Waals surface area contributed by atoms with Crippen molar-refractivity contribution in [3.63, 3.8) is 0 Å². The molecule has 39 heavy (non-hydrogen) atoms. The van der Waals surface area contributed by atoms with E-state index >= 15 is 0 Å². The molecule has 4 aromatic rings. The zero-order chi connectivity index (χ0) is 27.8. The van der Waals surface area contributed by atoms with Crippen molar-refractivity contribution in [1.29, 1.82) is 0 Å². The molecule has 1 radical (unpaired) electrons. The fourth-order valence-electron chi connectivity index (χ4n) is 2.90. The van der Waals surface area contributed by atoms with Gasteiger partial charge >= 0.3 is 0 Å². The third-order valence-corrected chi connectivity index (χ3v) is 6.52. The molecule has 0 aliphatic rings. The fraction of sp³-hybridized carbons (Fsp3) is 0. The summed E-state index contributed by atoms with van der Waals surface area (Å²) in [5.74, 6) is -0.537. The Balaban J connectivity index is 0.000000267. The Hall–Kier alpha value is -3.85. The normalized spacial score (nSPS) is 11.5. The van der Waals surface area contributed by atoms with Crippen molar-refractivity contribution in [2.75, 3.05) is 0 Å². The molecule has 0 spiro atoms. The van der Waals surface area contributed by atoms with E-state index in [9.17, 15) is 27.0 Å². The Labute approximate surface area is 235 Å². The summed E-state index contributed by atoms with van der Waals surface area (Å²) in [4.78, 5) is 7.55. The van der Waals surface area contributed by atoms with Crippen LogP contribution in [0.3, 0.4) is 0 Å². The molecule has 0 saturated carbocycles. The molecule has 4 aromatic carbocycles. The van der Waals surface area contributed by atoms with E-state index in [0.29, 0.717) is 22.5 Å². The van der Waals surface area contributed by atoms with Crippen LogP contribution in [0.4, 0.5) is 11.4 Å². The Morgan fingerprint density at radius 1 is 0.538 bits per heavy atom. The van der Waals surface area contributed by atoms with Gasteiger partial charge in [-0.2, -0.15) is 16.8 Å². The Bertz CT molecular complexity index is 1550. The van der Waals surface area contributed by atoms with Crippen molar-refractivity contribution in [3.8, 4) is 11.5 Å². The van der Waals surface area contributed by atoms with Gasteiger partial charge in [0.15, 0.2) is 0 Å². The van der Waals surface area contributed by atoms with Crippen LogP contribution in [0, 0.1) is 0 Å². The Kier molecular flexibility index (Phi) is 11.1. The van der Waals surface area contributed by atoms with E-state index in [1.54, 1.807) is 24.3 Å². The second-order valence-corrected chi connectivity index (χ2v) is 10.4. The van der Waals surface area contributed by atoms with Gasteiger partial charge in [-0.3, -0.25) is 19.1 Å². The molecule has 0 saturated heterocycles. The summed E-state index contributed by atoms with van der Waals surface area (Å²) in [5.41, 5.74) is 2.13. The first kappa shape index (κ1) is 31.4. The van der Waals surface area contributed by atoms with Gasteiger partial charge in [-0.15, -0.1) is 0 Å². The average Bonchev–Trinajstić information content (AvgIpc) is 2.88. The third-order valence-electron chi connectivity index (χ3n) is 4.82. The number of phenols is 2. The van der Waals surface area contributed by atoms with Crippen LogP contribution in [0.1, 0.15) is 11.1 Å². The fourth-order valence-corrected chi connectivity index (χ4v) is 3.90. The summed E-state index contributed by atoms with van der Waals surface area (Å²) in [6.45, 7) is 0. The molecule has 0 amide bonds. The van der Waals surface area contributed by atoms with Crippen LogP contribution in [0.2, 0.25) is 0 Å². The second kappa shape index (κ2) is 13.8. The van der Waals surface area contributed by atoms with Gasteiger partial charge in [0, 0.05) is 52.5 Å². The Morgan fingerprint density at radius 2 is 0.872 bits per heavy atom. The minimum absolute atomic E-state index is 0. The summed E-state index contributed by atoms with van der Waals surface area (Å²) >= 11 is 0. The first-order valence-electron chi connectivity index (χ1n) is 10.7. The number of rotatable bonds is 6. The van der Waals surface area contributed by atoms with Gasteiger partial charge in [0.1, 0.15) is 11.5 Å². The monoisotopic (exact) mass is 613 g/mol. The standard InChI is InChI=1S/2C13H11NO4S.Co/c2*15-13-8-12(19(16,17)18)7-6-10(13)9-14-11-4-2-1-3-5-11;/h2*1-9,15H,(H,16,17,18);. The zero-order valence-corrected chi connectivity index (χ0v) is 22.5. The van der Waals surface area contributed by atoms with E-state index in [1.165, 1.54) is 36.7 Å². The van der Waals surface area contributed by atoms with Gasteiger partial charge in [-0.25, -0.2) is 0 Å². The predicted molar refractivity (Wildman–Crippen MR) is 143 cm³/mol. The molecule has 0 heterocycles. The van der Waals surface area contributed by atoms with Gasteiger partial charge in [0.05, 0.1) is 21.2 Å².